The van der Waals surface area contributed by atoms with Gasteiger partial charge in [-0.1, -0.05) is 35.2 Å². The number of anilines is 1. The summed E-state index contributed by atoms with van der Waals surface area (Å²) in [4.78, 5) is 11.8. The summed E-state index contributed by atoms with van der Waals surface area (Å²) < 4.78 is 5.96. The van der Waals surface area contributed by atoms with Gasteiger partial charge < -0.3 is 4.52 Å². The van der Waals surface area contributed by atoms with Crippen LogP contribution >= 0.6 is 34.9 Å². The molecule has 0 saturated carbocycles. The Bertz CT molecular complexity index is 592. The van der Waals surface area contributed by atoms with Crippen molar-refractivity contribution in [3.05, 3.63) is 17.0 Å². The SMILES string of the molecule is CCSc1nnc(NC(=O)CSCc2c(C)noc2C)s1. The first-order valence-corrected chi connectivity index (χ1v) is 9.31. The highest BCUT2D eigenvalue weighted by Crippen LogP contribution is 2.25. The fourth-order valence-electron chi connectivity index (χ4n) is 1.55. The zero-order valence-corrected chi connectivity index (χ0v) is 14.5. The number of carbonyl (C=O) groups is 1. The van der Waals surface area contributed by atoms with Gasteiger partial charge in [-0.05, 0) is 19.6 Å². The van der Waals surface area contributed by atoms with E-state index >= 15 is 0 Å². The van der Waals surface area contributed by atoms with Crippen molar-refractivity contribution in [2.45, 2.75) is 30.9 Å². The van der Waals surface area contributed by atoms with Crippen molar-refractivity contribution in [3.63, 3.8) is 0 Å². The highest BCUT2D eigenvalue weighted by atomic mass is 32.2. The number of hydrogen-bond donors (Lipinski definition) is 1. The summed E-state index contributed by atoms with van der Waals surface area (Å²) in [7, 11) is 0. The van der Waals surface area contributed by atoms with Crippen LogP contribution in [0.15, 0.2) is 8.86 Å². The van der Waals surface area contributed by atoms with Crippen LogP contribution in [0.1, 0.15) is 23.9 Å². The largest absolute Gasteiger partial charge is 0.361 e. The van der Waals surface area contributed by atoms with Crippen molar-refractivity contribution in [2.75, 3.05) is 16.8 Å². The lowest BCUT2D eigenvalue weighted by molar-refractivity contribution is -0.113. The van der Waals surface area contributed by atoms with E-state index < -0.39 is 0 Å². The molecule has 6 nitrogen and oxygen atoms in total. The predicted molar refractivity (Wildman–Crippen MR) is 87.1 cm³/mol. The molecule has 0 bridgehead atoms. The van der Waals surface area contributed by atoms with Crippen LogP contribution in [0.2, 0.25) is 0 Å². The molecule has 2 aromatic rings. The summed E-state index contributed by atoms with van der Waals surface area (Å²) in [5.74, 6) is 2.75. The van der Waals surface area contributed by atoms with Gasteiger partial charge in [-0.25, -0.2) is 0 Å². The fraction of sp³-hybridized carbons (Fsp3) is 0.500. The monoisotopic (exact) mass is 344 g/mol. The number of carbonyl (C=O) groups excluding carboxylic acids is 1. The first kappa shape index (κ1) is 16.3. The summed E-state index contributed by atoms with van der Waals surface area (Å²) >= 11 is 4.53. The van der Waals surface area contributed by atoms with Crippen molar-refractivity contribution >= 4 is 45.9 Å². The normalized spacial score (nSPS) is 10.8. The van der Waals surface area contributed by atoms with Crippen LogP contribution in [0.25, 0.3) is 0 Å². The Morgan fingerprint density at radius 3 is 2.86 bits per heavy atom. The first-order valence-electron chi connectivity index (χ1n) is 6.35. The van der Waals surface area contributed by atoms with E-state index in [2.05, 4.69) is 27.6 Å². The molecule has 0 spiro atoms. The van der Waals surface area contributed by atoms with E-state index in [1.54, 1.807) is 11.8 Å². The number of rotatable bonds is 7. The van der Waals surface area contributed by atoms with Crippen LogP contribution < -0.4 is 5.32 Å². The number of thioether (sulfide) groups is 2. The van der Waals surface area contributed by atoms with Crippen LogP contribution in [-0.4, -0.2) is 32.8 Å². The van der Waals surface area contributed by atoms with Crippen molar-refractivity contribution in [1.29, 1.82) is 0 Å². The molecule has 0 radical (unpaired) electrons. The van der Waals surface area contributed by atoms with Crippen LogP contribution in [0.5, 0.6) is 0 Å². The summed E-state index contributed by atoms with van der Waals surface area (Å²) in [6.45, 7) is 5.83. The maximum Gasteiger partial charge on any atom is 0.236 e. The van der Waals surface area contributed by atoms with E-state index in [4.69, 9.17) is 4.52 Å². The second-order valence-corrected chi connectivity index (χ2v) is 7.62. The molecule has 0 fully saturated rings. The number of nitrogens with zero attached hydrogens (tertiary/aromatic N) is 3. The minimum Gasteiger partial charge on any atom is -0.361 e. The molecule has 0 aliphatic carbocycles. The standard InChI is InChI=1S/C12H16N4O2S3/c1-4-20-12-15-14-11(21-12)13-10(17)6-19-5-9-7(2)16-18-8(9)3/h4-6H2,1-3H3,(H,13,14,17). The van der Waals surface area contributed by atoms with Crippen LogP contribution in [-0.2, 0) is 10.5 Å². The van der Waals surface area contributed by atoms with Gasteiger partial charge in [0, 0.05) is 11.3 Å². The lowest BCUT2D eigenvalue weighted by atomic mass is 10.2. The lowest BCUT2D eigenvalue weighted by Crippen LogP contribution is -2.14. The Balaban J connectivity index is 1.77. The molecule has 9 heteroatoms. The minimum absolute atomic E-state index is 0.0732. The topological polar surface area (TPSA) is 80.9 Å². The average Bonchev–Trinajstić information content (AvgIpc) is 3.00. The Morgan fingerprint density at radius 1 is 1.38 bits per heavy atom. The highest BCUT2D eigenvalue weighted by molar-refractivity contribution is 8.01. The zero-order valence-electron chi connectivity index (χ0n) is 12.0. The van der Waals surface area contributed by atoms with E-state index in [1.165, 1.54) is 23.1 Å². The third-order valence-corrected chi connectivity index (χ3v) is 5.39. The van der Waals surface area contributed by atoms with Gasteiger partial charge in [0.25, 0.3) is 0 Å². The molecule has 0 saturated heterocycles. The molecule has 2 rings (SSSR count). The van der Waals surface area contributed by atoms with E-state index in [9.17, 15) is 4.79 Å². The highest BCUT2D eigenvalue weighted by Gasteiger charge is 2.11. The van der Waals surface area contributed by atoms with Crippen LogP contribution in [0.3, 0.4) is 0 Å². The van der Waals surface area contributed by atoms with Gasteiger partial charge >= 0.3 is 0 Å². The zero-order chi connectivity index (χ0) is 15.2. The number of aromatic nitrogens is 3. The number of hydrogen-bond acceptors (Lipinski definition) is 8. The van der Waals surface area contributed by atoms with E-state index in [-0.39, 0.29) is 5.91 Å². The average molecular weight is 344 g/mol. The lowest BCUT2D eigenvalue weighted by Gasteiger charge is -2.01. The van der Waals surface area contributed by atoms with Crippen LogP contribution in [0, 0.1) is 13.8 Å². The fourth-order valence-corrected chi connectivity index (χ4v) is 4.19. The third-order valence-electron chi connectivity index (χ3n) is 2.58. The molecule has 21 heavy (non-hydrogen) atoms. The smallest absolute Gasteiger partial charge is 0.236 e. The Kier molecular flexibility index (Phi) is 6.07. The molecule has 2 heterocycles. The maximum absolute atomic E-state index is 11.8. The second kappa shape index (κ2) is 7.81. The Morgan fingerprint density at radius 2 is 2.19 bits per heavy atom. The third kappa shape index (κ3) is 4.72. The molecular formula is C12H16N4O2S3. The molecule has 0 aromatic carbocycles. The first-order chi connectivity index (χ1) is 10.1. The summed E-state index contributed by atoms with van der Waals surface area (Å²) in [5.41, 5.74) is 1.94. The summed E-state index contributed by atoms with van der Waals surface area (Å²) in [6, 6.07) is 0. The molecule has 0 aliphatic heterocycles. The van der Waals surface area contributed by atoms with Gasteiger partial charge in [0.2, 0.25) is 11.0 Å². The van der Waals surface area contributed by atoms with E-state index in [0.29, 0.717) is 16.6 Å². The van der Waals surface area contributed by atoms with Crippen molar-refractivity contribution < 1.29 is 9.32 Å². The van der Waals surface area contributed by atoms with Gasteiger partial charge in [0.1, 0.15) is 5.76 Å². The molecule has 1 N–H and O–H groups in total. The van der Waals surface area contributed by atoms with Gasteiger partial charge in [0.05, 0.1) is 11.4 Å². The van der Waals surface area contributed by atoms with E-state index in [0.717, 1.165) is 27.1 Å². The Hall–Kier alpha value is -1.06. The minimum atomic E-state index is -0.0732. The summed E-state index contributed by atoms with van der Waals surface area (Å²) in [5, 5.41) is 15.1. The molecular weight excluding hydrogens is 328 g/mol. The van der Waals surface area contributed by atoms with Gasteiger partial charge in [-0.2, -0.15) is 0 Å². The van der Waals surface area contributed by atoms with Gasteiger partial charge in [0.15, 0.2) is 4.34 Å². The molecule has 114 valence electrons. The Labute approximate surface area is 135 Å². The number of amides is 1. The quantitative estimate of drug-likeness (QED) is 0.610. The van der Waals surface area contributed by atoms with Crippen LogP contribution in [0.4, 0.5) is 5.13 Å². The molecule has 2 aromatic heterocycles. The molecule has 0 aliphatic rings. The van der Waals surface area contributed by atoms with Crippen molar-refractivity contribution in [2.24, 2.45) is 0 Å². The van der Waals surface area contributed by atoms with E-state index in [1.807, 2.05) is 13.8 Å². The van der Waals surface area contributed by atoms with Crippen molar-refractivity contribution in [3.8, 4) is 0 Å². The summed E-state index contributed by atoms with van der Waals surface area (Å²) in [6.07, 6.45) is 0. The van der Waals surface area contributed by atoms with Gasteiger partial charge in [-0.15, -0.1) is 22.0 Å². The maximum atomic E-state index is 11.8. The molecule has 1 amide bonds. The number of aryl methyl sites for hydroxylation is 2. The predicted octanol–water partition coefficient (Wildman–Crippen LogP) is 3.13. The molecule has 0 unspecified atom stereocenters. The number of nitrogens with one attached hydrogen (secondary N) is 1. The molecule has 0 atom stereocenters. The van der Waals surface area contributed by atoms with Crippen molar-refractivity contribution in [1.82, 2.24) is 15.4 Å². The van der Waals surface area contributed by atoms with Gasteiger partial charge in [-0.3, -0.25) is 10.1 Å². The second-order valence-electron chi connectivity index (χ2n) is 4.15.